The molecule has 0 bridgehead atoms. The van der Waals surface area contributed by atoms with E-state index >= 15 is 0 Å². The van der Waals surface area contributed by atoms with Crippen molar-refractivity contribution in [1.82, 2.24) is 9.96 Å². The Bertz CT molecular complexity index is 665. The van der Waals surface area contributed by atoms with Crippen LogP contribution in [0, 0.1) is 17.8 Å². The summed E-state index contributed by atoms with van der Waals surface area (Å²) >= 11 is 0. The Hall–Kier alpha value is -2.08. The molecule has 0 spiro atoms. The zero-order chi connectivity index (χ0) is 22.9. The molecule has 0 fully saturated rings. The van der Waals surface area contributed by atoms with E-state index in [4.69, 9.17) is 9.57 Å². The molecule has 0 heterocycles. The summed E-state index contributed by atoms with van der Waals surface area (Å²) in [5, 5.41) is 1.29. The van der Waals surface area contributed by atoms with Crippen molar-refractivity contribution < 1.29 is 19.2 Å². The minimum absolute atomic E-state index is 0.0296. The molecule has 0 aromatic heterocycles. The van der Waals surface area contributed by atoms with Crippen molar-refractivity contribution >= 4 is 12.4 Å². The Morgan fingerprint density at radius 1 is 1.20 bits per heavy atom. The van der Waals surface area contributed by atoms with Crippen molar-refractivity contribution in [3.63, 3.8) is 0 Å². The van der Waals surface area contributed by atoms with E-state index in [1.165, 1.54) is 12.2 Å². The third-order valence-corrected chi connectivity index (χ3v) is 5.89. The van der Waals surface area contributed by atoms with Crippen molar-refractivity contribution in [2.24, 2.45) is 17.8 Å². The molecular formula is C24H40N2O4. The van der Waals surface area contributed by atoms with Gasteiger partial charge in [0.2, 0.25) is 6.41 Å². The molecule has 6 nitrogen and oxygen atoms in total. The average Bonchev–Trinajstić information content (AvgIpc) is 2.67. The van der Waals surface area contributed by atoms with Gasteiger partial charge in [-0.25, -0.2) is 0 Å². The summed E-state index contributed by atoms with van der Waals surface area (Å²) in [5.74, 6) is 1.10. The van der Waals surface area contributed by atoms with E-state index in [0.717, 1.165) is 18.4 Å². The number of hydroxylamine groups is 2. The maximum atomic E-state index is 11.8. The molecule has 1 amide bonds. The van der Waals surface area contributed by atoms with E-state index in [0.29, 0.717) is 30.5 Å². The van der Waals surface area contributed by atoms with Crippen LogP contribution in [0.1, 0.15) is 59.4 Å². The van der Waals surface area contributed by atoms with Crippen LogP contribution in [-0.4, -0.2) is 50.1 Å². The zero-order valence-electron chi connectivity index (χ0n) is 20.0. The second-order valence-corrected chi connectivity index (χ2v) is 8.93. The van der Waals surface area contributed by atoms with Crippen LogP contribution >= 0.6 is 0 Å². The normalized spacial score (nSPS) is 14.5. The highest BCUT2D eigenvalue weighted by atomic mass is 16.7. The number of hydrogen-bond acceptors (Lipinski definition) is 5. The number of benzene rings is 1. The van der Waals surface area contributed by atoms with Gasteiger partial charge in [-0.05, 0) is 62.4 Å². The number of rotatable bonds is 13. The first-order chi connectivity index (χ1) is 14.1. The third-order valence-electron chi connectivity index (χ3n) is 5.89. The highest BCUT2D eigenvalue weighted by Crippen LogP contribution is 2.39. The standard InChI is InChI=1S/C24H40N2O4/c1-9-24(19(4)5,25(6)7)21-11-10-12-22(15-21)30-26(17-27)16-20(13-18(2)3)14-23(28)29-8/h10-12,15,17-20H,9,13-14,16H2,1-8H3/t20-,24+/m1/s1. The number of esters is 1. The Morgan fingerprint density at radius 3 is 2.33 bits per heavy atom. The number of carbonyl (C=O) groups excluding carboxylic acids is 2. The Morgan fingerprint density at radius 2 is 1.87 bits per heavy atom. The molecule has 0 radical (unpaired) electrons. The first kappa shape index (κ1) is 26.0. The fraction of sp³-hybridized carbons (Fsp3) is 0.667. The largest absolute Gasteiger partial charge is 0.469 e. The van der Waals surface area contributed by atoms with Gasteiger partial charge < -0.3 is 9.57 Å². The van der Waals surface area contributed by atoms with Crippen LogP contribution in [-0.2, 0) is 19.9 Å². The quantitative estimate of drug-likeness (QED) is 0.267. The molecule has 0 saturated carbocycles. The van der Waals surface area contributed by atoms with Crippen LogP contribution in [0.5, 0.6) is 5.75 Å². The van der Waals surface area contributed by atoms with Crippen LogP contribution < -0.4 is 4.84 Å². The minimum atomic E-state index is -0.274. The van der Waals surface area contributed by atoms with Gasteiger partial charge in [-0.2, -0.15) is 5.06 Å². The van der Waals surface area contributed by atoms with Gasteiger partial charge in [-0.15, -0.1) is 0 Å². The van der Waals surface area contributed by atoms with Gasteiger partial charge in [0.1, 0.15) is 0 Å². The van der Waals surface area contributed by atoms with Gasteiger partial charge in [0.25, 0.3) is 0 Å². The third kappa shape index (κ3) is 6.73. The number of methoxy groups -OCH3 is 1. The van der Waals surface area contributed by atoms with Gasteiger partial charge in [-0.1, -0.05) is 46.8 Å². The van der Waals surface area contributed by atoms with E-state index < -0.39 is 0 Å². The molecular weight excluding hydrogens is 380 g/mol. The number of amides is 1. The van der Waals surface area contributed by atoms with E-state index in [1.54, 1.807) is 0 Å². The lowest BCUT2D eigenvalue weighted by molar-refractivity contribution is -0.149. The average molecular weight is 421 g/mol. The van der Waals surface area contributed by atoms with Crippen molar-refractivity contribution in [2.75, 3.05) is 27.7 Å². The van der Waals surface area contributed by atoms with E-state index in [-0.39, 0.29) is 23.8 Å². The monoisotopic (exact) mass is 420 g/mol. The molecule has 1 aromatic carbocycles. The molecule has 30 heavy (non-hydrogen) atoms. The molecule has 0 N–H and O–H groups in total. The number of carbonyl (C=O) groups is 2. The molecule has 0 aliphatic carbocycles. The number of ether oxygens (including phenoxy) is 1. The van der Waals surface area contributed by atoms with Crippen LogP contribution in [0.3, 0.4) is 0 Å². The van der Waals surface area contributed by atoms with Crippen molar-refractivity contribution in [3.8, 4) is 5.75 Å². The number of nitrogens with zero attached hydrogens (tertiary/aromatic N) is 2. The lowest BCUT2D eigenvalue weighted by Gasteiger charge is -2.43. The molecule has 2 atom stereocenters. The van der Waals surface area contributed by atoms with E-state index in [2.05, 4.69) is 59.7 Å². The maximum absolute atomic E-state index is 11.8. The zero-order valence-corrected chi connectivity index (χ0v) is 20.0. The second kappa shape index (κ2) is 11.9. The van der Waals surface area contributed by atoms with Crippen LogP contribution in [0.4, 0.5) is 0 Å². The van der Waals surface area contributed by atoms with E-state index in [1.807, 2.05) is 18.2 Å². The van der Waals surface area contributed by atoms with Crippen LogP contribution in [0.15, 0.2) is 24.3 Å². The number of hydrogen-bond donors (Lipinski definition) is 0. The van der Waals surface area contributed by atoms with Crippen LogP contribution in [0.25, 0.3) is 0 Å². The predicted octanol–water partition coefficient (Wildman–Crippen LogP) is 4.49. The maximum Gasteiger partial charge on any atom is 0.305 e. The summed E-state index contributed by atoms with van der Waals surface area (Å²) in [4.78, 5) is 31.7. The van der Waals surface area contributed by atoms with Crippen LogP contribution in [0.2, 0.25) is 0 Å². The first-order valence-electron chi connectivity index (χ1n) is 10.8. The highest BCUT2D eigenvalue weighted by molar-refractivity contribution is 5.69. The predicted molar refractivity (Wildman–Crippen MR) is 120 cm³/mol. The lowest BCUT2D eigenvalue weighted by Crippen LogP contribution is -2.45. The topological polar surface area (TPSA) is 59.1 Å². The highest BCUT2D eigenvalue weighted by Gasteiger charge is 2.36. The Labute approximate surface area is 182 Å². The van der Waals surface area contributed by atoms with Crippen molar-refractivity contribution in [1.29, 1.82) is 0 Å². The van der Waals surface area contributed by atoms with Gasteiger partial charge in [0.05, 0.1) is 20.1 Å². The molecule has 0 aliphatic heterocycles. The summed E-state index contributed by atoms with van der Waals surface area (Å²) in [7, 11) is 5.57. The SMILES string of the molecule is CC[C@@](c1cccc(ON(C=O)C[C@@H](CC(=O)OC)CC(C)C)c1)(C(C)C)N(C)C. The van der Waals surface area contributed by atoms with Gasteiger partial charge in [-0.3, -0.25) is 14.5 Å². The Kier molecular flexibility index (Phi) is 10.3. The van der Waals surface area contributed by atoms with E-state index in [9.17, 15) is 9.59 Å². The van der Waals surface area contributed by atoms with Gasteiger partial charge >= 0.3 is 5.97 Å². The lowest BCUT2D eigenvalue weighted by atomic mass is 9.76. The molecule has 1 aromatic rings. The first-order valence-corrected chi connectivity index (χ1v) is 10.8. The molecule has 0 aliphatic rings. The minimum Gasteiger partial charge on any atom is -0.469 e. The second-order valence-electron chi connectivity index (χ2n) is 8.93. The molecule has 0 unspecified atom stereocenters. The summed E-state index contributed by atoms with van der Waals surface area (Å²) in [6, 6.07) is 7.94. The fourth-order valence-electron chi connectivity index (χ4n) is 4.56. The smallest absolute Gasteiger partial charge is 0.305 e. The molecule has 1 rings (SSSR count). The summed E-state index contributed by atoms with van der Waals surface area (Å²) in [6.07, 6.45) is 2.69. The summed E-state index contributed by atoms with van der Waals surface area (Å²) in [5.41, 5.74) is 1.03. The molecule has 170 valence electrons. The Balaban J connectivity index is 3.08. The summed E-state index contributed by atoms with van der Waals surface area (Å²) < 4.78 is 4.81. The van der Waals surface area contributed by atoms with Gasteiger partial charge in [0.15, 0.2) is 5.75 Å². The fourth-order valence-corrected chi connectivity index (χ4v) is 4.56. The molecule has 0 saturated heterocycles. The summed E-state index contributed by atoms with van der Waals surface area (Å²) in [6.45, 7) is 11.2. The molecule has 6 heteroatoms. The van der Waals surface area contributed by atoms with Crippen molar-refractivity contribution in [3.05, 3.63) is 29.8 Å². The van der Waals surface area contributed by atoms with Gasteiger partial charge in [0, 0.05) is 5.54 Å². The van der Waals surface area contributed by atoms with Crippen molar-refractivity contribution in [2.45, 2.75) is 59.4 Å².